The highest BCUT2D eigenvalue weighted by molar-refractivity contribution is 5.89. The normalized spacial score (nSPS) is 22.1. The van der Waals surface area contributed by atoms with Crippen molar-refractivity contribution in [3.8, 4) is 5.75 Å². The van der Waals surface area contributed by atoms with Crippen LogP contribution >= 0.6 is 0 Å². The van der Waals surface area contributed by atoms with Crippen LogP contribution in [0.4, 0.5) is 0 Å². The van der Waals surface area contributed by atoms with E-state index in [0.29, 0.717) is 5.75 Å². The number of β-lactam (4-membered cyclic amide) rings is 1. The summed E-state index contributed by atoms with van der Waals surface area (Å²) in [6.07, 6.45) is 4.71. The van der Waals surface area contributed by atoms with E-state index in [-0.39, 0.29) is 17.6 Å². The summed E-state index contributed by atoms with van der Waals surface area (Å²) in [6.45, 7) is 4.03. The van der Waals surface area contributed by atoms with Gasteiger partial charge in [-0.05, 0) is 25.0 Å². The minimum atomic E-state index is -0.365. The summed E-state index contributed by atoms with van der Waals surface area (Å²) >= 11 is 0. The number of hydrogen-bond donors (Lipinski definition) is 1. The highest BCUT2D eigenvalue weighted by Crippen LogP contribution is 2.38. The molecular formula is C12H16N2O2. The van der Waals surface area contributed by atoms with Crippen molar-refractivity contribution >= 4 is 5.91 Å². The third-order valence-corrected chi connectivity index (χ3v) is 3.37. The van der Waals surface area contributed by atoms with Gasteiger partial charge in [-0.3, -0.25) is 9.78 Å². The molecule has 0 unspecified atom stereocenters. The van der Waals surface area contributed by atoms with Crippen molar-refractivity contribution in [1.82, 2.24) is 10.3 Å². The Bertz CT molecular complexity index is 374. The van der Waals surface area contributed by atoms with Gasteiger partial charge in [0.25, 0.3) is 0 Å². The number of pyridine rings is 1. The van der Waals surface area contributed by atoms with Crippen LogP contribution in [0.15, 0.2) is 24.5 Å². The van der Waals surface area contributed by atoms with Crippen molar-refractivity contribution < 1.29 is 9.53 Å². The van der Waals surface area contributed by atoms with E-state index in [1.807, 2.05) is 26.0 Å². The van der Waals surface area contributed by atoms with Crippen molar-refractivity contribution in [2.24, 2.45) is 5.41 Å². The maximum absolute atomic E-state index is 11.6. The number of nitrogens with one attached hydrogen (secondary N) is 1. The fraction of sp³-hybridized carbons (Fsp3) is 0.500. The summed E-state index contributed by atoms with van der Waals surface area (Å²) in [4.78, 5) is 15.6. The molecule has 86 valence electrons. The molecule has 1 saturated heterocycles. The van der Waals surface area contributed by atoms with E-state index < -0.39 is 0 Å². The average molecular weight is 220 g/mol. The molecule has 0 bridgehead atoms. The fourth-order valence-corrected chi connectivity index (χ4v) is 2.08. The smallest absolute Gasteiger partial charge is 0.234 e. The fourth-order valence-electron chi connectivity index (χ4n) is 2.08. The number of carbonyl (C=O) groups is 1. The molecule has 1 atom stereocenters. The quantitative estimate of drug-likeness (QED) is 0.786. The molecule has 1 aromatic heterocycles. The first-order valence-corrected chi connectivity index (χ1v) is 5.60. The highest BCUT2D eigenvalue weighted by atomic mass is 16.5. The van der Waals surface area contributed by atoms with Crippen LogP contribution in [0.5, 0.6) is 5.75 Å². The van der Waals surface area contributed by atoms with Crippen molar-refractivity contribution in [3.05, 3.63) is 24.5 Å². The Labute approximate surface area is 95.0 Å². The largest absolute Gasteiger partial charge is 0.468 e. The van der Waals surface area contributed by atoms with E-state index in [9.17, 15) is 4.79 Å². The zero-order valence-electron chi connectivity index (χ0n) is 9.56. The second-order valence-corrected chi connectivity index (χ2v) is 4.02. The van der Waals surface area contributed by atoms with Gasteiger partial charge in [-0.1, -0.05) is 13.8 Å². The van der Waals surface area contributed by atoms with Gasteiger partial charge in [-0.2, -0.15) is 0 Å². The zero-order chi connectivity index (χ0) is 11.6. The van der Waals surface area contributed by atoms with E-state index in [1.54, 1.807) is 12.4 Å². The molecule has 0 saturated carbocycles. The van der Waals surface area contributed by atoms with Gasteiger partial charge in [0, 0.05) is 6.20 Å². The predicted molar refractivity (Wildman–Crippen MR) is 59.8 cm³/mol. The summed E-state index contributed by atoms with van der Waals surface area (Å²) in [5, 5.41) is 2.80. The Morgan fingerprint density at radius 2 is 2.25 bits per heavy atom. The molecule has 0 aromatic carbocycles. The van der Waals surface area contributed by atoms with E-state index in [2.05, 4.69) is 10.3 Å². The number of aromatic nitrogens is 1. The summed E-state index contributed by atoms with van der Waals surface area (Å²) in [5.41, 5.74) is -0.365. The number of amides is 1. The highest BCUT2D eigenvalue weighted by Gasteiger charge is 2.54. The SMILES string of the molecule is CCC1(CC)C(=O)N[C@H]1Oc1cccnc1. The maximum Gasteiger partial charge on any atom is 0.234 e. The Kier molecular flexibility index (Phi) is 2.81. The standard InChI is InChI=1S/C12H16N2O2/c1-3-12(4-2)10(15)14-11(12)16-9-6-5-7-13-8-9/h5-8,11H,3-4H2,1-2H3,(H,14,15)/t11-/m0/s1. The topological polar surface area (TPSA) is 51.2 Å². The summed E-state index contributed by atoms with van der Waals surface area (Å²) in [5.74, 6) is 0.783. The van der Waals surface area contributed by atoms with Gasteiger partial charge in [0.15, 0.2) is 6.23 Å². The molecule has 1 amide bonds. The van der Waals surface area contributed by atoms with Gasteiger partial charge in [-0.25, -0.2) is 0 Å². The van der Waals surface area contributed by atoms with Gasteiger partial charge < -0.3 is 10.1 Å². The summed E-state index contributed by atoms with van der Waals surface area (Å²) in [6, 6.07) is 3.66. The number of rotatable bonds is 4. The maximum atomic E-state index is 11.6. The number of nitrogens with zero attached hydrogens (tertiary/aromatic N) is 1. The number of ether oxygens (including phenoxy) is 1. The van der Waals surface area contributed by atoms with E-state index >= 15 is 0 Å². The van der Waals surface area contributed by atoms with E-state index in [4.69, 9.17) is 4.74 Å². The van der Waals surface area contributed by atoms with E-state index in [0.717, 1.165) is 12.8 Å². The number of carbonyl (C=O) groups excluding carboxylic acids is 1. The first-order chi connectivity index (χ1) is 7.73. The van der Waals surface area contributed by atoms with Crippen LogP contribution in [0.3, 0.4) is 0 Å². The van der Waals surface area contributed by atoms with Crippen LogP contribution in [0.25, 0.3) is 0 Å². The van der Waals surface area contributed by atoms with Crippen molar-refractivity contribution in [3.63, 3.8) is 0 Å². The van der Waals surface area contributed by atoms with Crippen LogP contribution < -0.4 is 10.1 Å². The lowest BCUT2D eigenvalue weighted by molar-refractivity contribution is -0.161. The molecule has 1 aliphatic rings. The zero-order valence-corrected chi connectivity index (χ0v) is 9.56. The minimum absolute atomic E-state index is 0.0893. The minimum Gasteiger partial charge on any atom is -0.468 e. The molecule has 4 heteroatoms. The van der Waals surface area contributed by atoms with Gasteiger partial charge >= 0.3 is 0 Å². The Hall–Kier alpha value is -1.58. The predicted octanol–water partition coefficient (Wildman–Crippen LogP) is 1.72. The molecule has 0 radical (unpaired) electrons. The lowest BCUT2D eigenvalue weighted by Crippen LogP contribution is -2.69. The molecular weight excluding hydrogens is 204 g/mol. The molecule has 2 rings (SSSR count). The second-order valence-electron chi connectivity index (χ2n) is 4.02. The van der Waals surface area contributed by atoms with Crippen molar-refractivity contribution in [2.75, 3.05) is 0 Å². The summed E-state index contributed by atoms with van der Waals surface area (Å²) < 4.78 is 5.72. The van der Waals surface area contributed by atoms with Crippen LogP contribution in [-0.2, 0) is 4.79 Å². The molecule has 16 heavy (non-hydrogen) atoms. The Balaban J connectivity index is 2.10. The molecule has 4 nitrogen and oxygen atoms in total. The van der Waals surface area contributed by atoms with Gasteiger partial charge in [0.05, 0.1) is 6.20 Å². The first-order valence-electron chi connectivity index (χ1n) is 5.60. The molecule has 0 aliphatic carbocycles. The van der Waals surface area contributed by atoms with Gasteiger partial charge in [-0.15, -0.1) is 0 Å². The lowest BCUT2D eigenvalue weighted by atomic mass is 9.73. The Morgan fingerprint density at radius 1 is 1.50 bits per heavy atom. The second kappa shape index (κ2) is 4.12. The van der Waals surface area contributed by atoms with Crippen molar-refractivity contribution in [2.45, 2.75) is 32.9 Å². The van der Waals surface area contributed by atoms with Crippen LogP contribution in [0.1, 0.15) is 26.7 Å². The van der Waals surface area contributed by atoms with Crippen molar-refractivity contribution in [1.29, 1.82) is 0 Å². The van der Waals surface area contributed by atoms with Crippen LogP contribution in [-0.4, -0.2) is 17.1 Å². The van der Waals surface area contributed by atoms with Crippen LogP contribution in [0, 0.1) is 5.41 Å². The monoisotopic (exact) mass is 220 g/mol. The lowest BCUT2D eigenvalue weighted by Gasteiger charge is -2.46. The molecule has 1 N–H and O–H groups in total. The summed E-state index contributed by atoms with van der Waals surface area (Å²) in [7, 11) is 0. The molecule has 1 aliphatic heterocycles. The molecule has 0 spiro atoms. The van der Waals surface area contributed by atoms with Gasteiger partial charge in [0.2, 0.25) is 5.91 Å². The molecule has 1 fully saturated rings. The third-order valence-electron chi connectivity index (χ3n) is 3.37. The average Bonchev–Trinajstić information content (AvgIpc) is 2.32. The molecule has 2 heterocycles. The van der Waals surface area contributed by atoms with E-state index in [1.165, 1.54) is 0 Å². The van der Waals surface area contributed by atoms with Crippen LogP contribution in [0.2, 0.25) is 0 Å². The number of hydrogen-bond acceptors (Lipinski definition) is 3. The van der Waals surface area contributed by atoms with Gasteiger partial charge in [0.1, 0.15) is 11.2 Å². The molecule has 1 aromatic rings. The first kappa shape index (κ1) is 10.9. The third kappa shape index (κ3) is 1.54. The Morgan fingerprint density at radius 3 is 2.75 bits per heavy atom.